The first-order valence-corrected chi connectivity index (χ1v) is 5.72. The molecule has 1 unspecified atom stereocenters. The number of amides is 2. The second-order valence-corrected chi connectivity index (χ2v) is 4.39. The molecule has 5 nitrogen and oxygen atoms in total. The van der Waals surface area contributed by atoms with Crippen molar-refractivity contribution in [1.29, 1.82) is 0 Å². The molecule has 2 amide bonds. The molecule has 88 valence electrons. The van der Waals surface area contributed by atoms with Crippen LogP contribution in [0.5, 0.6) is 0 Å². The molecule has 0 aliphatic rings. The van der Waals surface area contributed by atoms with Crippen molar-refractivity contribution >= 4 is 23.3 Å². The summed E-state index contributed by atoms with van der Waals surface area (Å²) in [6, 6.07) is 2.32. The Hall–Kier alpha value is -1.56. The van der Waals surface area contributed by atoms with Crippen molar-refractivity contribution in [2.75, 3.05) is 0 Å². The standard InChI is InChI=1S/C10H14N2O3S/c1-6(8-4-3-5-16-8)11-10(15)12-7(2)9(13)14/h3-7H,1-2H3,(H,13,14)(H2,11,12,15)/t6?,7-/m1/s1. The molecule has 6 heteroatoms. The molecule has 0 spiro atoms. The van der Waals surface area contributed by atoms with Gasteiger partial charge in [0.05, 0.1) is 6.04 Å². The number of carboxylic acids is 1. The highest BCUT2D eigenvalue weighted by atomic mass is 32.1. The fraction of sp³-hybridized carbons (Fsp3) is 0.400. The summed E-state index contributed by atoms with van der Waals surface area (Å²) in [6.07, 6.45) is 0. The lowest BCUT2D eigenvalue weighted by Gasteiger charge is -2.15. The minimum absolute atomic E-state index is 0.124. The summed E-state index contributed by atoms with van der Waals surface area (Å²) in [5.74, 6) is -1.06. The quantitative estimate of drug-likeness (QED) is 0.750. The van der Waals surface area contributed by atoms with Crippen LogP contribution in [0.3, 0.4) is 0 Å². The topological polar surface area (TPSA) is 78.4 Å². The molecule has 16 heavy (non-hydrogen) atoms. The second-order valence-electron chi connectivity index (χ2n) is 3.41. The Labute approximate surface area is 97.5 Å². The molecule has 1 aromatic heterocycles. The molecule has 0 saturated heterocycles. The first-order valence-electron chi connectivity index (χ1n) is 4.84. The van der Waals surface area contributed by atoms with Gasteiger partial charge < -0.3 is 15.7 Å². The summed E-state index contributed by atoms with van der Waals surface area (Å²) in [6.45, 7) is 3.26. The van der Waals surface area contributed by atoms with Gasteiger partial charge in [0.2, 0.25) is 0 Å². The van der Waals surface area contributed by atoms with E-state index in [-0.39, 0.29) is 6.04 Å². The molecule has 0 saturated carbocycles. The van der Waals surface area contributed by atoms with Gasteiger partial charge >= 0.3 is 12.0 Å². The van der Waals surface area contributed by atoms with Crippen LogP contribution in [0.1, 0.15) is 24.8 Å². The number of carbonyl (C=O) groups is 2. The molecular formula is C10H14N2O3S. The molecule has 0 radical (unpaired) electrons. The van der Waals surface area contributed by atoms with Crippen molar-refractivity contribution in [3.63, 3.8) is 0 Å². The Balaban J connectivity index is 2.43. The molecule has 0 aromatic carbocycles. The lowest BCUT2D eigenvalue weighted by Crippen LogP contribution is -2.44. The van der Waals surface area contributed by atoms with E-state index in [4.69, 9.17) is 5.11 Å². The molecule has 2 atom stereocenters. The minimum atomic E-state index is -1.06. The van der Waals surface area contributed by atoms with Crippen molar-refractivity contribution in [1.82, 2.24) is 10.6 Å². The summed E-state index contributed by atoms with van der Waals surface area (Å²) in [5.41, 5.74) is 0. The van der Waals surface area contributed by atoms with E-state index < -0.39 is 18.0 Å². The Morgan fingerprint density at radius 1 is 1.38 bits per heavy atom. The molecule has 0 bridgehead atoms. The van der Waals surface area contributed by atoms with Crippen LogP contribution < -0.4 is 10.6 Å². The molecule has 1 aromatic rings. The van der Waals surface area contributed by atoms with Crippen LogP contribution in [0.2, 0.25) is 0 Å². The first kappa shape index (κ1) is 12.5. The Morgan fingerprint density at radius 2 is 2.06 bits per heavy atom. The predicted molar refractivity (Wildman–Crippen MR) is 61.5 cm³/mol. The van der Waals surface area contributed by atoms with Crippen LogP contribution >= 0.6 is 11.3 Å². The van der Waals surface area contributed by atoms with Crippen LogP contribution in [-0.4, -0.2) is 23.1 Å². The maximum atomic E-state index is 11.4. The van der Waals surface area contributed by atoms with Crippen LogP contribution in [-0.2, 0) is 4.79 Å². The molecule has 3 N–H and O–H groups in total. The summed E-state index contributed by atoms with van der Waals surface area (Å²) in [4.78, 5) is 22.9. The monoisotopic (exact) mass is 242 g/mol. The number of carbonyl (C=O) groups excluding carboxylic acids is 1. The van der Waals surface area contributed by atoms with Gasteiger partial charge in [-0.05, 0) is 25.3 Å². The van der Waals surface area contributed by atoms with Gasteiger partial charge in [0.1, 0.15) is 6.04 Å². The number of hydrogen-bond acceptors (Lipinski definition) is 3. The van der Waals surface area contributed by atoms with Gasteiger partial charge in [-0.25, -0.2) is 4.79 Å². The van der Waals surface area contributed by atoms with Crippen molar-refractivity contribution in [3.8, 4) is 0 Å². The number of hydrogen-bond donors (Lipinski definition) is 3. The van der Waals surface area contributed by atoms with Crippen molar-refractivity contribution in [2.24, 2.45) is 0 Å². The fourth-order valence-electron chi connectivity index (χ4n) is 1.11. The third-order valence-corrected chi connectivity index (χ3v) is 3.09. The molecule has 0 fully saturated rings. The van der Waals surface area contributed by atoms with Gasteiger partial charge in [0, 0.05) is 4.88 Å². The van der Waals surface area contributed by atoms with Crippen molar-refractivity contribution < 1.29 is 14.7 Å². The molecule has 1 heterocycles. The summed E-state index contributed by atoms with van der Waals surface area (Å²) in [5, 5.41) is 15.5. The maximum absolute atomic E-state index is 11.4. The van der Waals surface area contributed by atoms with Crippen molar-refractivity contribution in [3.05, 3.63) is 22.4 Å². The lowest BCUT2D eigenvalue weighted by atomic mass is 10.3. The van der Waals surface area contributed by atoms with Gasteiger partial charge in [0.15, 0.2) is 0 Å². The molecule has 0 aliphatic heterocycles. The van der Waals surface area contributed by atoms with Gasteiger partial charge in [-0.2, -0.15) is 0 Å². The predicted octanol–water partition coefficient (Wildman–Crippen LogP) is 1.58. The van der Waals surface area contributed by atoms with E-state index in [1.807, 2.05) is 24.4 Å². The molecule has 0 aliphatic carbocycles. The van der Waals surface area contributed by atoms with Crippen molar-refractivity contribution in [2.45, 2.75) is 25.9 Å². The number of urea groups is 1. The number of rotatable bonds is 4. The largest absolute Gasteiger partial charge is 0.480 e. The zero-order valence-electron chi connectivity index (χ0n) is 9.06. The number of nitrogens with one attached hydrogen (secondary N) is 2. The van der Waals surface area contributed by atoms with Gasteiger partial charge in [-0.3, -0.25) is 4.79 Å². The first-order chi connectivity index (χ1) is 7.50. The summed E-state index contributed by atoms with van der Waals surface area (Å²) >= 11 is 1.54. The number of aliphatic carboxylic acids is 1. The van der Waals surface area contributed by atoms with Crippen LogP contribution in [0.15, 0.2) is 17.5 Å². The maximum Gasteiger partial charge on any atom is 0.325 e. The van der Waals surface area contributed by atoms with Crippen LogP contribution in [0.25, 0.3) is 0 Å². The molecular weight excluding hydrogens is 228 g/mol. The van der Waals surface area contributed by atoms with E-state index in [1.54, 1.807) is 0 Å². The minimum Gasteiger partial charge on any atom is -0.480 e. The van der Waals surface area contributed by atoms with E-state index in [9.17, 15) is 9.59 Å². The average Bonchev–Trinajstić information content (AvgIpc) is 2.69. The van der Waals surface area contributed by atoms with E-state index in [2.05, 4.69) is 10.6 Å². The smallest absolute Gasteiger partial charge is 0.325 e. The van der Waals surface area contributed by atoms with E-state index >= 15 is 0 Å². The number of thiophene rings is 1. The zero-order valence-corrected chi connectivity index (χ0v) is 9.88. The average molecular weight is 242 g/mol. The molecule has 1 rings (SSSR count). The van der Waals surface area contributed by atoms with E-state index in [0.29, 0.717) is 0 Å². The van der Waals surface area contributed by atoms with E-state index in [1.165, 1.54) is 18.3 Å². The van der Waals surface area contributed by atoms with E-state index in [0.717, 1.165) is 4.88 Å². The third-order valence-electron chi connectivity index (χ3n) is 2.04. The van der Waals surface area contributed by atoms with Crippen LogP contribution in [0, 0.1) is 0 Å². The third kappa shape index (κ3) is 3.54. The summed E-state index contributed by atoms with van der Waals surface area (Å²) < 4.78 is 0. The summed E-state index contributed by atoms with van der Waals surface area (Å²) in [7, 11) is 0. The second kappa shape index (κ2) is 5.50. The highest BCUT2D eigenvalue weighted by Gasteiger charge is 2.15. The van der Waals surface area contributed by atoms with Crippen LogP contribution in [0.4, 0.5) is 4.79 Å². The lowest BCUT2D eigenvalue weighted by molar-refractivity contribution is -0.138. The highest BCUT2D eigenvalue weighted by molar-refractivity contribution is 7.10. The van der Waals surface area contributed by atoms with Gasteiger partial charge in [-0.15, -0.1) is 11.3 Å². The van der Waals surface area contributed by atoms with Gasteiger partial charge in [0.25, 0.3) is 0 Å². The fourth-order valence-corrected chi connectivity index (χ4v) is 1.84. The highest BCUT2D eigenvalue weighted by Crippen LogP contribution is 2.17. The van der Waals surface area contributed by atoms with Gasteiger partial charge in [-0.1, -0.05) is 6.07 Å². The number of carboxylic acid groups (broad SMARTS) is 1. The SMILES string of the molecule is CC(NC(=O)N[C@H](C)C(=O)O)c1cccs1. The normalized spacial score (nSPS) is 13.9. The zero-order chi connectivity index (χ0) is 12.1. The Kier molecular flexibility index (Phi) is 4.30. The Bertz CT molecular complexity index is 364. The Morgan fingerprint density at radius 3 is 2.56 bits per heavy atom.